The molecule has 0 unspecified atom stereocenters. The lowest BCUT2D eigenvalue weighted by Crippen LogP contribution is -1.75. The van der Waals surface area contributed by atoms with Crippen molar-refractivity contribution in [3.05, 3.63) is 58.2 Å². The van der Waals surface area contributed by atoms with Crippen LogP contribution in [0.3, 0.4) is 0 Å². The van der Waals surface area contributed by atoms with Crippen molar-refractivity contribution in [2.45, 2.75) is 0 Å². The maximum atomic E-state index is 6.02. The van der Waals surface area contributed by atoms with Crippen LogP contribution in [0.25, 0.3) is 32.7 Å². The highest BCUT2D eigenvalue weighted by Crippen LogP contribution is 2.34. The van der Waals surface area contributed by atoms with E-state index < -0.39 is 0 Å². The van der Waals surface area contributed by atoms with Crippen molar-refractivity contribution in [2.24, 2.45) is 0 Å². The first kappa shape index (κ1) is 10.4. The maximum absolute atomic E-state index is 6.02. The van der Waals surface area contributed by atoms with Crippen LogP contribution in [-0.4, -0.2) is 0 Å². The van der Waals surface area contributed by atoms with Crippen molar-refractivity contribution in [2.75, 3.05) is 0 Å². The summed E-state index contributed by atoms with van der Waals surface area (Å²) in [5, 5.41) is 4.80. The molecule has 1 heterocycles. The molecule has 0 atom stereocenters. The van der Waals surface area contributed by atoms with Gasteiger partial charge in [0.1, 0.15) is 11.2 Å². The molecule has 0 fully saturated rings. The zero-order valence-electron chi connectivity index (χ0n) is 9.48. The van der Waals surface area contributed by atoms with E-state index in [9.17, 15) is 0 Å². The molecule has 3 aromatic carbocycles. The first-order chi connectivity index (χ1) is 8.83. The second-order valence-electron chi connectivity index (χ2n) is 4.41. The van der Waals surface area contributed by atoms with Crippen molar-refractivity contribution in [1.29, 1.82) is 0 Å². The van der Waals surface area contributed by atoms with Crippen LogP contribution in [0.5, 0.6) is 0 Å². The Labute approximate surface area is 118 Å². The summed E-state index contributed by atoms with van der Waals surface area (Å²) in [6.45, 7) is 0. The third-order valence-corrected chi connectivity index (χ3v) is 3.99. The van der Waals surface area contributed by atoms with Crippen molar-refractivity contribution < 1.29 is 4.42 Å². The lowest BCUT2D eigenvalue weighted by Gasteiger charge is -1.99. The zero-order chi connectivity index (χ0) is 12.1. The molecule has 0 N–H and O–H groups in total. The highest BCUT2D eigenvalue weighted by atomic mass is 127. The molecule has 0 aliphatic carbocycles. The fourth-order valence-electron chi connectivity index (χ4n) is 2.47. The van der Waals surface area contributed by atoms with Gasteiger partial charge in [-0.05, 0) is 52.2 Å². The largest absolute Gasteiger partial charge is 0.455 e. The van der Waals surface area contributed by atoms with Gasteiger partial charge in [-0.25, -0.2) is 0 Å². The normalized spacial score (nSPS) is 11.6. The molecule has 0 saturated carbocycles. The number of hydrogen-bond acceptors (Lipinski definition) is 1. The van der Waals surface area contributed by atoms with Crippen LogP contribution in [-0.2, 0) is 0 Å². The minimum Gasteiger partial charge on any atom is -0.455 e. The molecule has 4 aromatic rings. The van der Waals surface area contributed by atoms with E-state index in [0.717, 1.165) is 11.2 Å². The average molecular weight is 344 g/mol. The number of benzene rings is 3. The fourth-order valence-corrected chi connectivity index (χ4v) is 2.97. The predicted octanol–water partition coefficient (Wildman–Crippen LogP) is 5.34. The fraction of sp³-hybridized carbons (Fsp3) is 0. The van der Waals surface area contributed by atoms with E-state index in [1.165, 1.54) is 25.1 Å². The van der Waals surface area contributed by atoms with Gasteiger partial charge in [0.15, 0.2) is 0 Å². The van der Waals surface area contributed by atoms with Gasteiger partial charge in [-0.3, -0.25) is 0 Å². The Morgan fingerprint density at radius 1 is 0.778 bits per heavy atom. The summed E-state index contributed by atoms with van der Waals surface area (Å²) in [4.78, 5) is 0. The Kier molecular flexibility index (Phi) is 2.14. The standard InChI is InChI=1S/C16H9IO/c17-11-7-5-10-6-8-13-12-3-1-2-4-15(12)18-16(13)14(10)9-11/h1-9H. The van der Waals surface area contributed by atoms with Crippen LogP contribution in [0.4, 0.5) is 0 Å². The minimum absolute atomic E-state index is 0.957. The first-order valence-corrected chi connectivity index (χ1v) is 6.90. The molecular formula is C16H9IO. The van der Waals surface area contributed by atoms with Crippen LogP contribution in [0, 0.1) is 3.57 Å². The number of furan rings is 1. The summed E-state index contributed by atoms with van der Waals surface area (Å²) in [5.41, 5.74) is 1.95. The Hall–Kier alpha value is -1.55. The summed E-state index contributed by atoms with van der Waals surface area (Å²) in [6, 6.07) is 19.0. The molecule has 0 bridgehead atoms. The number of para-hydroxylation sites is 1. The van der Waals surface area contributed by atoms with E-state index in [4.69, 9.17) is 4.42 Å². The molecule has 2 heteroatoms. The van der Waals surface area contributed by atoms with Crippen LogP contribution in [0.1, 0.15) is 0 Å². The number of halogens is 1. The van der Waals surface area contributed by atoms with Crippen molar-refractivity contribution >= 4 is 55.3 Å². The van der Waals surface area contributed by atoms with Gasteiger partial charge in [0.25, 0.3) is 0 Å². The maximum Gasteiger partial charge on any atom is 0.143 e. The summed E-state index contributed by atoms with van der Waals surface area (Å²) in [5.74, 6) is 0. The molecule has 0 amide bonds. The highest BCUT2D eigenvalue weighted by molar-refractivity contribution is 14.1. The van der Waals surface area contributed by atoms with E-state index in [-0.39, 0.29) is 0 Å². The molecule has 0 saturated heterocycles. The van der Waals surface area contributed by atoms with Crippen molar-refractivity contribution in [3.63, 3.8) is 0 Å². The Bertz CT molecular complexity index is 889. The van der Waals surface area contributed by atoms with E-state index in [1.54, 1.807) is 0 Å². The van der Waals surface area contributed by atoms with Gasteiger partial charge in [0.2, 0.25) is 0 Å². The van der Waals surface area contributed by atoms with Crippen LogP contribution in [0.15, 0.2) is 59.0 Å². The SMILES string of the molecule is Ic1ccc2ccc3c4ccccc4oc3c2c1. The van der Waals surface area contributed by atoms with Gasteiger partial charge in [-0.15, -0.1) is 0 Å². The summed E-state index contributed by atoms with van der Waals surface area (Å²) >= 11 is 2.34. The first-order valence-electron chi connectivity index (χ1n) is 5.82. The molecular weight excluding hydrogens is 335 g/mol. The van der Waals surface area contributed by atoms with Crippen LogP contribution < -0.4 is 0 Å². The number of fused-ring (bicyclic) bond motifs is 5. The second-order valence-corrected chi connectivity index (χ2v) is 5.65. The van der Waals surface area contributed by atoms with Gasteiger partial charge in [-0.1, -0.05) is 30.3 Å². The van der Waals surface area contributed by atoms with Gasteiger partial charge < -0.3 is 4.42 Å². The predicted molar refractivity (Wildman–Crippen MR) is 83.9 cm³/mol. The van der Waals surface area contributed by atoms with Crippen molar-refractivity contribution in [3.8, 4) is 0 Å². The monoisotopic (exact) mass is 344 g/mol. The Balaban J connectivity index is 2.31. The van der Waals surface area contributed by atoms with E-state index in [1.807, 2.05) is 12.1 Å². The van der Waals surface area contributed by atoms with Gasteiger partial charge >= 0.3 is 0 Å². The minimum atomic E-state index is 0.957. The lowest BCUT2D eigenvalue weighted by atomic mass is 10.1. The van der Waals surface area contributed by atoms with Crippen LogP contribution in [0.2, 0.25) is 0 Å². The molecule has 0 radical (unpaired) electrons. The van der Waals surface area contributed by atoms with Gasteiger partial charge in [0.05, 0.1) is 0 Å². The summed E-state index contributed by atoms with van der Waals surface area (Å²) < 4.78 is 7.25. The number of rotatable bonds is 0. The highest BCUT2D eigenvalue weighted by Gasteiger charge is 2.09. The molecule has 1 nitrogen and oxygen atoms in total. The lowest BCUT2D eigenvalue weighted by molar-refractivity contribution is 0.672. The molecule has 18 heavy (non-hydrogen) atoms. The van der Waals surface area contributed by atoms with E-state index >= 15 is 0 Å². The molecule has 0 aliphatic heterocycles. The van der Waals surface area contributed by atoms with Gasteiger partial charge in [0, 0.05) is 19.7 Å². The quantitative estimate of drug-likeness (QED) is 0.392. The molecule has 0 aliphatic rings. The molecule has 4 rings (SSSR count). The second kappa shape index (κ2) is 3.72. The molecule has 1 aromatic heterocycles. The summed E-state index contributed by atoms with van der Waals surface area (Å²) in [6.07, 6.45) is 0. The van der Waals surface area contributed by atoms with Crippen LogP contribution >= 0.6 is 22.6 Å². The smallest absolute Gasteiger partial charge is 0.143 e. The molecule has 86 valence electrons. The third-order valence-electron chi connectivity index (χ3n) is 3.32. The van der Waals surface area contributed by atoms with E-state index in [0.29, 0.717) is 0 Å². The topological polar surface area (TPSA) is 13.1 Å². The summed E-state index contributed by atoms with van der Waals surface area (Å²) in [7, 11) is 0. The number of hydrogen-bond donors (Lipinski definition) is 0. The Morgan fingerprint density at radius 2 is 1.61 bits per heavy atom. The van der Waals surface area contributed by atoms with Crippen molar-refractivity contribution in [1.82, 2.24) is 0 Å². The molecule has 0 spiro atoms. The average Bonchev–Trinajstić information content (AvgIpc) is 2.78. The third kappa shape index (κ3) is 1.38. The Morgan fingerprint density at radius 3 is 2.56 bits per heavy atom. The zero-order valence-corrected chi connectivity index (χ0v) is 11.6. The van der Waals surface area contributed by atoms with Gasteiger partial charge in [-0.2, -0.15) is 0 Å². The van der Waals surface area contributed by atoms with E-state index in [2.05, 4.69) is 65.1 Å².